The van der Waals surface area contributed by atoms with Gasteiger partial charge < -0.3 is 10.2 Å². The van der Waals surface area contributed by atoms with Gasteiger partial charge in [0.05, 0.1) is 11.8 Å². The van der Waals surface area contributed by atoms with Crippen molar-refractivity contribution in [3.8, 4) is 0 Å². The maximum Gasteiger partial charge on any atom is 0.311 e. The van der Waals surface area contributed by atoms with Crippen molar-refractivity contribution in [3.63, 3.8) is 0 Å². The molecule has 4 nitrogen and oxygen atoms in total. The summed E-state index contributed by atoms with van der Waals surface area (Å²) in [6, 6.07) is 5.53. The van der Waals surface area contributed by atoms with Crippen LogP contribution < -0.4 is 0 Å². The van der Waals surface area contributed by atoms with Crippen molar-refractivity contribution in [3.05, 3.63) is 32.9 Å². The molecule has 2 unspecified atom stereocenters. The van der Waals surface area contributed by atoms with Crippen LogP contribution >= 0.6 is 22.6 Å². The van der Waals surface area contributed by atoms with Gasteiger partial charge in [-0.05, 0) is 64.5 Å². The first-order chi connectivity index (χ1) is 12.6. The number of carboxylic acid groups (broad SMARTS) is 2. The summed E-state index contributed by atoms with van der Waals surface area (Å²) in [4.78, 5) is 24.0. The molecule has 5 heteroatoms. The molecule has 0 saturated carbocycles. The molecule has 0 amide bonds. The van der Waals surface area contributed by atoms with Gasteiger partial charge in [0.1, 0.15) is 0 Å². The summed E-state index contributed by atoms with van der Waals surface area (Å²) in [6.45, 7) is 8.51. The first kappa shape index (κ1) is 23.9. The third-order valence-corrected chi connectivity index (χ3v) is 5.90. The number of hydrogen-bond acceptors (Lipinski definition) is 2. The maximum absolute atomic E-state index is 12.0. The minimum atomic E-state index is -0.867. The van der Waals surface area contributed by atoms with Crippen molar-refractivity contribution in [1.82, 2.24) is 0 Å². The van der Waals surface area contributed by atoms with Crippen molar-refractivity contribution >= 4 is 34.5 Å². The van der Waals surface area contributed by atoms with E-state index in [-0.39, 0.29) is 0 Å². The monoisotopic (exact) mass is 488 g/mol. The number of hydrogen-bond donors (Lipinski definition) is 2. The number of carboxylic acids is 2. The van der Waals surface area contributed by atoms with Crippen LogP contribution in [0.5, 0.6) is 0 Å². The summed E-state index contributed by atoms with van der Waals surface area (Å²) in [7, 11) is 0. The lowest BCUT2D eigenvalue weighted by atomic mass is 9.82. The smallest absolute Gasteiger partial charge is 0.311 e. The molecule has 0 bridgehead atoms. The molecule has 1 aromatic carbocycles. The minimum Gasteiger partial charge on any atom is -0.481 e. The van der Waals surface area contributed by atoms with Gasteiger partial charge in [0, 0.05) is 3.57 Å². The molecule has 27 heavy (non-hydrogen) atoms. The number of aliphatic carboxylic acids is 2. The quantitative estimate of drug-likeness (QED) is 0.340. The largest absolute Gasteiger partial charge is 0.481 e. The maximum atomic E-state index is 12.0. The lowest BCUT2D eigenvalue weighted by Gasteiger charge is -2.23. The van der Waals surface area contributed by atoms with Crippen LogP contribution in [0, 0.1) is 15.4 Å². The second-order valence-corrected chi connectivity index (χ2v) is 9.34. The summed E-state index contributed by atoms with van der Waals surface area (Å²) in [5.41, 5.74) is 1.38. The van der Waals surface area contributed by atoms with Crippen molar-refractivity contribution in [2.75, 3.05) is 0 Å². The Balaban J connectivity index is 3.20. The molecule has 0 saturated heterocycles. The van der Waals surface area contributed by atoms with Gasteiger partial charge in [0.25, 0.3) is 0 Å². The Hall–Kier alpha value is -1.11. The Labute approximate surface area is 176 Å². The van der Waals surface area contributed by atoms with E-state index in [2.05, 4.69) is 50.3 Å². The minimum absolute atomic E-state index is 0.525. The lowest BCUT2D eigenvalue weighted by Crippen LogP contribution is -2.20. The van der Waals surface area contributed by atoms with E-state index in [1.165, 1.54) is 0 Å². The fourth-order valence-corrected chi connectivity index (χ4v) is 4.38. The fourth-order valence-electron chi connectivity index (χ4n) is 3.49. The highest BCUT2D eigenvalue weighted by Gasteiger charge is 2.30. The van der Waals surface area contributed by atoms with Crippen LogP contribution in [0.3, 0.4) is 0 Å². The van der Waals surface area contributed by atoms with Gasteiger partial charge in [-0.3, -0.25) is 9.59 Å². The van der Waals surface area contributed by atoms with Crippen LogP contribution in [-0.4, -0.2) is 22.2 Å². The Morgan fingerprint density at radius 3 is 1.78 bits per heavy atom. The van der Waals surface area contributed by atoms with Gasteiger partial charge in [-0.1, -0.05) is 65.5 Å². The fraction of sp³-hybridized carbons (Fsp3) is 0.636. The molecule has 0 aliphatic carbocycles. The van der Waals surface area contributed by atoms with E-state index in [1.807, 2.05) is 18.2 Å². The third-order valence-electron chi connectivity index (χ3n) is 4.96. The number of rotatable bonds is 12. The van der Waals surface area contributed by atoms with Crippen molar-refractivity contribution in [1.29, 1.82) is 0 Å². The Morgan fingerprint density at radius 1 is 0.852 bits per heavy atom. The van der Waals surface area contributed by atoms with E-state index >= 15 is 0 Å². The standard InChI is InChI=1S/C22H33IO4/c1-14(2)8-5-11-17(21(24)25)16-10-7-13-19(23)20(16)18(22(26)27)12-6-9-15(3)4/h7,10,13-15,17-18H,5-6,8-9,11-12H2,1-4H3,(H,24,25)(H,26,27). The summed E-state index contributed by atoms with van der Waals surface area (Å²) in [5.74, 6) is -1.99. The van der Waals surface area contributed by atoms with Gasteiger partial charge >= 0.3 is 11.9 Å². The van der Waals surface area contributed by atoms with E-state index in [0.29, 0.717) is 35.8 Å². The zero-order valence-electron chi connectivity index (χ0n) is 16.9. The van der Waals surface area contributed by atoms with Crippen molar-refractivity contribution in [2.24, 2.45) is 11.8 Å². The molecule has 1 rings (SSSR count). The van der Waals surface area contributed by atoms with E-state index in [4.69, 9.17) is 0 Å². The van der Waals surface area contributed by atoms with Gasteiger partial charge in [0.2, 0.25) is 0 Å². The number of carbonyl (C=O) groups is 2. The average molecular weight is 488 g/mol. The van der Waals surface area contributed by atoms with Crippen LogP contribution in [0.4, 0.5) is 0 Å². The zero-order valence-corrected chi connectivity index (χ0v) is 19.0. The van der Waals surface area contributed by atoms with E-state index < -0.39 is 23.8 Å². The SMILES string of the molecule is CC(C)CCCC(C(=O)O)c1cccc(I)c1C(CCCC(C)C)C(=O)O. The summed E-state index contributed by atoms with van der Waals surface area (Å²) in [5, 5.41) is 19.7. The van der Waals surface area contributed by atoms with E-state index in [1.54, 1.807) is 0 Å². The predicted octanol–water partition coefficient (Wildman–Crippen LogP) is 6.28. The van der Waals surface area contributed by atoms with Crippen LogP contribution in [0.15, 0.2) is 18.2 Å². The molecule has 2 N–H and O–H groups in total. The number of halogens is 1. The first-order valence-electron chi connectivity index (χ1n) is 9.89. The molecule has 0 aliphatic rings. The predicted molar refractivity (Wildman–Crippen MR) is 117 cm³/mol. The number of benzene rings is 1. The van der Waals surface area contributed by atoms with Crippen LogP contribution in [0.25, 0.3) is 0 Å². The first-order valence-corrected chi connectivity index (χ1v) is 11.0. The zero-order chi connectivity index (χ0) is 20.6. The average Bonchev–Trinajstić information content (AvgIpc) is 2.55. The summed E-state index contributed by atoms with van der Waals surface area (Å²) < 4.78 is 0.845. The highest BCUT2D eigenvalue weighted by atomic mass is 127. The molecule has 0 radical (unpaired) electrons. The van der Waals surface area contributed by atoms with Crippen molar-refractivity contribution < 1.29 is 19.8 Å². The van der Waals surface area contributed by atoms with Crippen LogP contribution in [-0.2, 0) is 9.59 Å². The van der Waals surface area contributed by atoms with E-state index in [9.17, 15) is 19.8 Å². The third kappa shape index (κ3) is 7.80. The second-order valence-electron chi connectivity index (χ2n) is 8.17. The second kappa shape index (κ2) is 11.7. The van der Waals surface area contributed by atoms with Gasteiger partial charge in [-0.15, -0.1) is 0 Å². The van der Waals surface area contributed by atoms with Crippen molar-refractivity contribution in [2.45, 2.75) is 78.1 Å². The van der Waals surface area contributed by atoms with Crippen LogP contribution in [0.2, 0.25) is 0 Å². The summed E-state index contributed by atoms with van der Waals surface area (Å²) >= 11 is 2.15. The Bertz CT molecular complexity index is 625. The lowest BCUT2D eigenvalue weighted by molar-refractivity contribution is -0.140. The topological polar surface area (TPSA) is 74.6 Å². The molecule has 1 aromatic rings. The Kier molecular flexibility index (Phi) is 10.3. The molecule has 0 aromatic heterocycles. The molecular formula is C22H33IO4. The van der Waals surface area contributed by atoms with E-state index in [0.717, 1.165) is 29.3 Å². The molecule has 2 atom stereocenters. The normalized spacial score (nSPS) is 13.7. The highest BCUT2D eigenvalue weighted by molar-refractivity contribution is 14.1. The Morgan fingerprint density at radius 2 is 1.33 bits per heavy atom. The van der Waals surface area contributed by atoms with Crippen LogP contribution in [0.1, 0.15) is 89.2 Å². The molecule has 152 valence electrons. The molecular weight excluding hydrogens is 455 g/mol. The molecule has 0 fully saturated rings. The summed E-state index contributed by atoms with van der Waals surface area (Å²) in [6.07, 6.45) is 4.67. The van der Waals surface area contributed by atoms with Gasteiger partial charge in [-0.2, -0.15) is 0 Å². The van der Waals surface area contributed by atoms with Gasteiger partial charge in [-0.25, -0.2) is 0 Å². The highest BCUT2D eigenvalue weighted by Crippen LogP contribution is 2.36. The van der Waals surface area contributed by atoms with Gasteiger partial charge in [0.15, 0.2) is 0 Å². The molecule has 0 heterocycles. The molecule has 0 aliphatic heterocycles. The molecule has 0 spiro atoms.